The molecule has 1 aliphatic rings. The minimum absolute atomic E-state index is 0.214. The lowest BCUT2D eigenvalue weighted by molar-refractivity contribution is -0.119. The van der Waals surface area contributed by atoms with Crippen LogP contribution in [-0.2, 0) is 9.59 Å². The maximum Gasteiger partial charge on any atom is 0.291 e. The number of aromatic nitrogens is 3. The van der Waals surface area contributed by atoms with Gasteiger partial charge in [0.05, 0.1) is 23.9 Å². The van der Waals surface area contributed by atoms with Crippen molar-refractivity contribution in [2.45, 2.75) is 0 Å². The maximum atomic E-state index is 13.2. The zero-order valence-corrected chi connectivity index (χ0v) is 17.0. The van der Waals surface area contributed by atoms with E-state index in [2.05, 4.69) is 10.1 Å². The van der Waals surface area contributed by atoms with Crippen LogP contribution < -0.4 is 25.5 Å². The number of amides is 2. The number of methoxy groups -OCH3 is 1. The first-order valence-corrected chi connectivity index (χ1v) is 10.1. The van der Waals surface area contributed by atoms with Crippen molar-refractivity contribution in [3.8, 4) is 17.1 Å². The molecule has 0 radical (unpaired) electrons. The highest BCUT2D eigenvalue weighted by molar-refractivity contribution is 7.15. The Hall–Kier alpha value is -4.05. The Morgan fingerprint density at radius 3 is 2.52 bits per heavy atom. The van der Waals surface area contributed by atoms with Gasteiger partial charge in [0.25, 0.3) is 11.5 Å². The van der Waals surface area contributed by atoms with E-state index in [0.717, 1.165) is 11.3 Å². The molecule has 2 amide bonds. The van der Waals surface area contributed by atoms with Gasteiger partial charge < -0.3 is 10.5 Å². The van der Waals surface area contributed by atoms with Crippen molar-refractivity contribution in [2.75, 3.05) is 18.6 Å². The van der Waals surface area contributed by atoms with E-state index in [1.54, 1.807) is 43.5 Å². The second kappa shape index (κ2) is 7.03. The van der Waals surface area contributed by atoms with E-state index in [9.17, 15) is 14.4 Å². The molecule has 10 heteroatoms. The molecule has 4 aromatic rings. The number of thiazole rings is 1. The Kier molecular flexibility index (Phi) is 4.29. The van der Waals surface area contributed by atoms with Gasteiger partial charge in [-0.05, 0) is 18.2 Å². The predicted octanol–water partition coefficient (Wildman–Crippen LogP) is 0.576. The van der Waals surface area contributed by atoms with Gasteiger partial charge in [-0.15, -0.1) is 5.10 Å². The number of benzene rings is 2. The molecule has 2 N–H and O–H groups in total. The highest BCUT2D eigenvalue weighted by Crippen LogP contribution is 2.35. The van der Waals surface area contributed by atoms with Crippen LogP contribution in [-0.4, -0.2) is 40.1 Å². The van der Waals surface area contributed by atoms with Gasteiger partial charge in [0.1, 0.15) is 16.8 Å². The topological polar surface area (TPSA) is 120 Å². The van der Waals surface area contributed by atoms with E-state index in [4.69, 9.17) is 10.5 Å². The van der Waals surface area contributed by atoms with E-state index in [1.807, 2.05) is 12.1 Å². The quantitative estimate of drug-likeness (QED) is 0.503. The monoisotopic (exact) mass is 433 g/mol. The summed E-state index contributed by atoms with van der Waals surface area (Å²) in [4.78, 5) is 43.8. The number of nitrogens with two attached hydrogens (primary N) is 1. The van der Waals surface area contributed by atoms with Crippen LogP contribution in [0.15, 0.2) is 53.3 Å². The summed E-state index contributed by atoms with van der Waals surface area (Å²) < 4.78 is 6.74. The molecule has 0 bridgehead atoms. The van der Waals surface area contributed by atoms with Gasteiger partial charge in [0.2, 0.25) is 10.9 Å². The number of para-hydroxylation sites is 2. The fourth-order valence-corrected chi connectivity index (χ4v) is 4.64. The Morgan fingerprint density at radius 2 is 1.81 bits per heavy atom. The van der Waals surface area contributed by atoms with Gasteiger partial charge >= 0.3 is 0 Å². The molecule has 5 rings (SSSR count). The zero-order valence-electron chi connectivity index (χ0n) is 16.2. The van der Waals surface area contributed by atoms with Crippen LogP contribution in [0.25, 0.3) is 21.9 Å². The summed E-state index contributed by atoms with van der Waals surface area (Å²) >= 11 is 1.07. The van der Waals surface area contributed by atoms with Crippen molar-refractivity contribution in [1.82, 2.24) is 14.6 Å². The van der Waals surface area contributed by atoms with Crippen LogP contribution in [0.4, 0.5) is 5.69 Å². The Balaban J connectivity index is 1.72. The van der Waals surface area contributed by atoms with Crippen LogP contribution >= 0.6 is 11.3 Å². The molecule has 0 saturated heterocycles. The highest BCUT2D eigenvalue weighted by Gasteiger charge is 2.35. The third-order valence-corrected chi connectivity index (χ3v) is 6.00. The SMILES string of the molecule is COc1ccccc1-c1nc2s/c(=C3\C(=O)N(CC(N)=O)c4ccccc43)c(=O)n2n1. The average molecular weight is 433 g/mol. The molecular formula is C21H15N5O4S. The summed E-state index contributed by atoms with van der Waals surface area (Å²) in [5, 5.41) is 4.34. The molecule has 0 saturated carbocycles. The van der Waals surface area contributed by atoms with Crippen molar-refractivity contribution in [3.63, 3.8) is 0 Å². The molecule has 0 fully saturated rings. The van der Waals surface area contributed by atoms with E-state index in [-0.39, 0.29) is 16.7 Å². The smallest absolute Gasteiger partial charge is 0.291 e. The molecule has 0 aliphatic carbocycles. The standard InChI is InChI=1S/C21H15N5O4S/c1-30-14-9-5-3-7-12(14)18-23-21-26(24-18)20(29)17(31-21)16-11-6-2-4-8-13(11)25(19(16)28)10-15(22)27/h2-9H,10H2,1H3,(H2,22,27)/b17-16-. The van der Waals surface area contributed by atoms with Crippen LogP contribution in [0.3, 0.4) is 0 Å². The summed E-state index contributed by atoms with van der Waals surface area (Å²) in [6.07, 6.45) is 0. The van der Waals surface area contributed by atoms with Crippen LogP contribution in [0.1, 0.15) is 5.56 Å². The molecule has 0 spiro atoms. The number of fused-ring (bicyclic) bond motifs is 2. The van der Waals surface area contributed by atoms with E-state index >= 15 is 0 Å². The molecule has 1 aliphatic heterocycles. The summed E-state index contributed by atoms with van der Waals surface area (Å²) in [6.45, 7) is -0.272. The van der Waals surface area contributed by atoms with Crippen LogP contribution in [0, 0.1) is 0 Å². The number of ether oxygens (including phenoxy) is 1. The Bertz CT molecular complexity index is 1490. The van der Waals surface area contributed by atoms with Gasteiger partial charge in [0.15, 0.2) is 5.82 Å². The van der Waals surface area contributed by atoms with E-state index in [1.165, 1.54) is 9.42 Å². The summed E-state index contributed by atoms with van der Waals surface area (Å²) in [5.41, 5.74) is 6.84. The molecular weight excluding hydrogens is 418 g/mol. The molecule has 3 heterocycles. The Morgan fingerprint density at radius 1 is 1.10 bits per heavy atom. The Labute approximate surface area is 179 Å². The molecule has 2 aromatic carbocycles. The van der Waals surface area contributed by atoms with Crippen LogP contribution in [0.2, 0.25) is 0 Å². The van der Waals surface area contributed by atoms with Crippen LogP contribution in [0.5, 0.6) is 5.75 Å². The van der Waals surface area contributed by atoms with Gasteiger partial charge in [-0.2, -0.15) is 9.50 Å². The molecule has 154 valence electrons. The largest absolute Gasteiger partial charge is 0.496 e. The lowest BCUT2D eigenvalue weighted by Crippen LogP contribution is -2.37. The second-order valence-electron chi connectivity index (χ2n) is 6.82. The number of nitrogens with zero attached hydrogens (tertiary/aromatic N) is 4. The van der Waals surface area contributed by atoms with Gasteiger partial charge in [-0.25, -0.2) is 0 Å². The molecule has 0 atom stereocenters. The second-order valence-corrected chi connectivity index (χ2v) is 7.79. The van der Waals surface area contributed by atoms with Crippen molar-refractivity contribution < 1.29 is 14.3 Å². The summed E-state index contributed by atoms with van der Waals surface area (Å²) in [5.74, 6) is -0.155. The number of hydrogen-bond acceptors (Lipinski definition) is 7. The van der Waals surface area contributed by atoms with Gasteiger partial charge in [-0.3, -0.25) is 19.3 Å². The first-order chi connectivity index (χ1) is 15.0. The van der Waals surface area contributed by atoms with Gasteiger partial charge in [0, 0.05) is 5.56 Å². The number of anilines is 1. The third-order valence-electron chi connectivity index (χ3n) is 4.97. The lowest BCUT2D eigenvalue weighted by Gasteiger charge is -2.14. The fourth-order valence-electron chi connectivity index (χ4n) is 3.64. The predicted molar refractivity (Wildman–Crippen MR) is 115 cm³/mol. The molecule has 2 aromatic heterocycles. The van der Waals surface area contributed by atoms with E-state index in [0.29, 0.717) is 33.3 Å². The molecule has 31 heavy (non-hydrogen) atoms. The van der Waals surface area contributed by atoms with Crippen molar-refractivity contribution in [3.05, 3.63) is 69.0 Å². The minimum Gasteiger partial charge on any atom is -0.496 e. The first-order valence-electron chi connectivity index (χ1n) is 9.26. The number of primary amides is 1. The number of rotatable bonds is 4. The third kappa shape index (κ3) is 2.88. The zero-order chi connectivity index (χ0) is 21.7. The number of carbonyl (C=O) groups is 2. The van der Waals surface area contributed by atoms with Gasteiger partial charge in [-0.1, -0.05) is 41.7 Å². The number of carbonyl (C=O) groups excluding carboxylic acids is 2. The van der Waals surface area contributed by atoms with Crippen molar-refractivity contribution in [1.29, 1.82) is 0 Å². The summed E-state index contributed by atoms with van der Waals surface area (Å²) in [7, 11) is 1.55. The average Bonchev–Trinajstić information content (AvgIpc) is 3.39. The first kappa shape index (κ1) is 18.9. The number of hydrogen-bond donors (Lipinski definition) is 1. The summed E-state index contributed by atoms with van der Waals surface area (Å²) in [6, 6.07) is 14.2. The lowest BCUT2D eigenvalue weighted by atomic mass is 10.1. The fraction of sp³-hybridized carbons (Fsp3) is 0.0952. The molecule has 9 nitrogen and oxygen atoms in total. The molecule has 0 unspecified atom stereocenters. The van der Waals surface area contributed by atoms with Crippen molar-refractivity contribution in [2.24, 2.45) is 5.73 Å². The van der Waals surface area contributed by atoms with E-state index < -0.39 is 17.4 Å². The normalized spacial score (nSPS) is 14.9. The maximum absolute atomic E-state index is 13.2. The van der Waals surface area contributed by atoms with Crippen molar-refractivity contribution >= 4 is 39.4 Å². The minimum atomic E-state index is -0.643. The highest BCUT2D eigenvalue weighted by atomic mass is 32.1.